The number of pyridine rings is 1. The number of hydrogen-bond donors (Lipinski definition) is 0. The second-order valence-corrected chi connectivity index (χ2v) is 7.16. The summed E-state index contributed by atoms with van der Waals surface area (Å²) < 4.78 is 0. The fourth-order valence-electron chi connectivity index (χ4n) is 2.93. The summed E-state index contributed by atoms with van der Waals surface area (Å²) in [7, 11) is 0. The molecule has 1 atom stereocenters. The molecule has 3 nitrogen and oxygen atoms in total. The van der Waals surface area contributed by atoms with E-state index in [1.54, 1.807) is 34.9 Å². The third-order valence-electron chi connectivity index (χ3n) is 3.92. The smallest absolute Gasteiger partial charge is 0.273 e. The highest BCUT2D eigenvalue weighted by molar-refractivity contribution is 7.10. The molecular weight excluding hydrogens is 312 g/mol. The number of amides is 1. The van der Waals surface area contributed by atoms with Gasteiger partial charge in [0, 0.05) is 22.5 Å². The first-order chi connectivity index (χ1) is 10.8. The third-order valence-corrected chi connectivity index (χ3v) is 5.84. The Kier molecular flexibility index (Phi) is 3.52. The molecule has 0 saturated carbocycles. The highest BCUT2D eigenvalue weighted by Gasteiger charge is 2.34. The lowest BCUT2D eigenvalue weighted by Crippen LogP contribution is -2.40. The van der Waals surface area contributed by atoms with Crippen LogP contribution >= 0.6 is 22.7 Å². The lowest BCUT2D eigenvalue weighted by atomic mass is 9.98. The number of hydrogen-bond acceptors (Lipinski definition) is 4. The van der Waals surface area contributed by atoms with Crippen LogP contribution in [0.15, 0.2) is 53.4 Å². The Labute approximate surface area is 136 Å². The molecule has 0 saturated heterocycles. The van der Waals surface area contributed by atoms with Gasteiger partial charge in [-0.15, -0.1) is 22.7 Å². The van der Waals surface area contributed by atoms with Crippen LogP contribution < -0.4 is 0 Å². The summed E-state index contributed by atoms with van der Waals surface area (Å²) >= 11 is 3.49. The van der Waals surface area contributed by atoms with Crippen LogP contribution in [-0.4, -0.2) is 22.3 Å². The molecule has 1 amide bonds. The fourth-order valence-corrected chi connectivity index (χ4v) is 4.68. The van der Waals surface area contributed by atoms with Gasteiger partial charge in [-0.05, 0) is 47.0 Å². The maximum atomic E-state index is 12.9. The minimum atomic E-state index is 0.0100. The Hall–Kier alpha value is -1.98. The zero-order valence-electron chi connectivity index (χ0n) is 11.8. The van der Waals surface area contributed by atoms with Crippen LogP contribution in [0.4, 0.5) is 0 Å². The summed E-state index contributed by atoms with van der Waals surface area (Å²) in [6.07, 6.45) is 2.60. The standard InChI is InChI=1S/C17H14N2OS2/c20-17(13-4-1-2-8-18-13)19-9-6-14-12(7-11-22-14)16(19)15-5-3-10-21-15/h1-5,7-8,10-11,16H,6,9H2. The van der Waals surface area contributed by atoms with Gasteiger partial charge >= 0.3 is 0 Å². The van der Waals surface area contributed by atoms with Crippen LogP contribution in [-0.2, 0) is 6.42 Å². The van der Waals surface area contributed by atoms with Gasteiger partial charge in [-0.1, -0.05) is 12.1 Å². The molecule has 0 aliphatic carbocycles. The van der Waals surface area contributed by atoms with Gasteiger partial charge < -0.3 is 4.90 Å². The Morgan fingerprint density at radius 1 is 1.14 bits per heavy atom. The first kappa shape index (κ1) is 13.7. The van der Waals surface area contributed by atoms with E-state index in [1.165, 1.54) is 15.3 Å². The molecule has 0 radical (unpaired) electrons. The van der Waals surface area contributed by atoms with Crippen molar-refractivity contribution in [1.29, 1.82) is 0 Å². The summed E-state index contributed by atoms with van der Waals surface area (Å²) in [5.41, 5.74) is 1.78. The molecule has 110 valence electrons. The number of fused-ring (bicyclic) bond motifs is 1. The average molecular weight is 326 g/mol. The Morgan fingerprint density at radius 2 is 2.09 bits per heavy atom. The van der Waals surface area contributed by atoms with Crippen LogP contribution in [0.1, 0.15) is 31.8 Å². The number of carbonyl (C=O) groups is 1. The van der Waals surface area contributed by atoms with E-state index in [2.05, 4.69) is 27.9 Å². The van der Waals surface area contributed by atoms with Gasteiger partial charge in [0.05, 0.1) is 6.04 Å². The summed E-state index contributed by atoms with van der Waals surface area (Å²) in [6.45, 7) is 0.742. The summed E-state index contributed by atoms with van der Waals surface area (Å²) in [5.74, 6) is 0.0100. The molecule has 1 unspecified atom stereocenters. The molecule has 22 heavy (non-hydrogen) atoms. The van der Waals surface area contributed by atoms with E-state index in [-0.39, 0.29) is 11.9 Å². The van der Waals surface area contributed by atoms with E-state index < -0.39 is 0 Å². The van der Waals surface area contributed by atoms with Crippen molar-refractivity contribution in [3.63, 3.8) is 0 Å². The van der Waals surface area contributed by atoms with E-state index in [9.17, 15) is 4.79 Å². The maximum Gasteiger partial charge on any atom is 0.273 e. The Balaban J connectivity index is 1.77. The molecule has 0 fully saturated rings. The van der Waals surface area contributed by atoms with Crippen LogP contribution in [0.2, 0.25) is 0 Å². The van der Waals surface area contributed by atoms with E-state index in [0.717, 1.165) is 13.0 Å². The molecule has 1 aliphatic rings. The second kappa shape index (κ2) is 5.66. The van der Waals surface area contributed by atoms with E-state index >= 15 is 0 Å². The van der Waals surface area contributed by atoms with Gasteiger partial charge in [0.1, 0.15) is 5.69 Å². The van der Waals surface area contributed by atoms with Crippen molar-refractivity contribution in [3.05, 3.63) is 74.4 Å². The van der Waals surface area contributed by atoms with E-state index in [0.29, 0.717) is 5.69 Å². The molecule has 3 aromatic heterocycles. The third kappa shape index (κ3) is 2.26. The van der Waals surface area contributed by atoms with Crippen LogP contribution in [0, 0.1) is 0 Å². The van der Waals surface area contributed by atoms with Crippen LogP contribution in [0.25, 0.3) is 0 Å². The van der Waals surface area contributed by atoms with Gasteiger partial charge in [0.25, 0.3) is 5.91 Å². The van der Waals surface area contributed by atoms with Gasteiger partial charge in [-0.2, -0.15) is 0 Å². The monoisotopic (exact) mass is 326 g/mol. The van der Waals surface area contributed by atoms with Crippen molar-refractivity contribution in [2.75, 3.05) is 6.54 Å². The minimum Gasteiger partial charge on any atom is -0.325 e. The topological polar surface area (TPSA) is 33.2 Å². The fraction of sp³-hybridized carbons (Fsp3) is 0.176. The van der Waals surface area contributed by atoms with Crippen molar-refractivity contribution in [1.82, 2.24) is 9.88 Å². The zero-order chi connectivity index (χ0) is 14.9. The van der Waals surface area contributed by atoms with Crippen LogP contribution in [0.5, 0.6) is 0 Å². The van der Waals surface area contributed by atoms with E-state index in [1.807, 2.05) is 23.1 Å². The molecule has 4 heterocycles. The summed E-state index contributed by atoms with van der Waals surface area (Å²) in [4.78, 5) is 21.7. The lowest BCUT2D eigenvalue weighted by Gasteiger charge is -2.35. The van der Waals surface area contributed by atoms with Crippen LogP contribution in [0.3, 0.4) is 0 Å². The van der Waals surface area contributed by atoms with Gasteiger partial charge in [-0.25, -0.2) is 0 Å². The molecule has 3 aromatic rings. The van der Waals surface area contributed by atoms with Crippen molar-refractivity contribution in [2.24, 2.45) is 0 Å². The number of carbonyl (C=O) groups excluding carboxylic acids is 1. The molecule has 0 aromatic carbocycles. The van der Waals surface area contributed by atoms with Gasteiger partial charge in [0.2, 0.25) is 0 Å². The van der Waals surface area contributed by atoms with Crippen molar-refractivity contribution in [2.45, 2.75) is 12.5 Å². The normalized spacial score (nSPS) is 17.3. The predicted octanol–water partition coefficient (Wildman–Crippen LogP) is 3.99. The predicted molar refractivity (Wildman–Crippen MR) is 89.5 cm³/mol. The van der Waals surface area contributed by atoms with Crippen molar-refractivity contribution < 1.29 is 4.79 Å². The number of nitrogens with zero attached hydrogens (tertiary/aromatic N) is 2. The largest absolute Gasteiger partial charge is 0.325 e. The molecule has 0 spiro atoms. The first-order valence-corrected chi connectivity index (χ1v) is 8.92. The summed E-state index contributed by atoms with van der Waals surface area (Å²) in [6, 6.07) is 11.8. The highest BCUT2D eigenvalue weighted by atomic mass is 32.1. The molecule has 5 heteroatoms. The molecule has 0 N–H and O–H groups in total. The summed E-state index contributed by atoms with van der Waals surface area (Å²) in [5, 5.41) is 4.19. The molecule has 1 aliphatic heterocycles. The number of thiophene rings is 2. The number of rotatable bonds is 2. The number of aromatic nitrogens is 1. The second-order valence-electron chi connectivity index (χ2n) is 5.18. The Morgan fingerprint density at radius 3 is 2.86 bits per heavy atom. The Bertz CT molecular complexity index is 780. The quantitative estimate of drug-likeness (QED) is 0.713. The maximum absolute atomic E-state index is 12.9. The SMILES string of the molecule is O=C(c1ccccn1)N1CCc2sccc2C1c1cccs1. The van der Waals surface area contributed by atoms with Crippen molar-refractivity contribution in [3.8, 4) is 0 Å². The first-order valence-electron chi connectivity index (χ1n) is 7.16. The van der Waals surface area contributed by atoms with Gasteiger partial charge in [0.15, 0.2) is 0 Å². The molecule has 4 rings (SSSR count). The average Bonchev–Trinajstić information content (AvgIpc) is 3.25. The van der Waals surface area contributed by atoms with Gasteiger partial charge in [-0.3, -0.25) is 9.78 Å². The lowest BCUT2D eigenvalue weighted by molar-refractivity contribution is 0.0692. The van der Waals surface area contributed by atoms with Crippen molar-refractivity contribution >= 4 is 28.6 Å². The molecular formula is C17H14N2OS2. The molecule has 0 bridgehead atoms. The van der Waals surface area contributed by atoms with E-state index in [4.69, 9.17) is 0 Å². The highest BCUT2D eigenvalue weighted by Crippen LogP contribution is 2.39. The minimum absolute atomic E-state index is 0.0100. The zero-order valence-corrected chi connectivity index (χ0v) is 13.4.